The number of carboxylic acids is 1. The minimum atomic E-state index is -4.28. The third kappa shape index (κ3) is 12.8. The predicted molar refractivity (Wildman–Crippen MR) is 312 cm³/mol. The van der Waals surface area contributed by atoms with Crippen LogP contribution in [-0.2, 0) is 29.2 Å². The molecule has 7 aromatic carbocycles. The SMILES string of the molecule is Cc1ccc(S(=O)(=O)n2c(C)cc3nc(N(C(=Cc4ccccc4)C(=O)C=Cc4ccccc4)N(C(=Cc4ccccc4)C(=O)C=Cc4ccccc4)C(=Cc4ccccc4)C(=O)C(=Cc4ccccc4)C(=O)O)cnc32)cc1. The van der Waals surface area contributed by atoms with Gasteiger partial charge >= 0.3 is 5.97 Å². The van der Waals surface area contributed by atoms with E-state index >= 15 is 14.4 Å². The van der Waals surface area contributed by atoms with Gasteiger partial charge in [-0.05, 0) is 102 Å². The number of hydrazine groups is 1. The largest absolute Gasteiger partial charge is 0.478 e. The molecule has 2 aromatic heterocycles. The van der Waals surface area contributed by atoms with Crippen LogP contribution in [0, 0.1) is 13.8 Å². The van der Waals surface area contributed by atoms with E-state index in [0.29, 0.717) is 33.4 Å². The van der Waals surface area contributed by atoms with Crippen molar-refractivity contribution in [2.24, 2.45) is 0 Å². The van der Waals surface area contributed by atoms with Gasteiger partial charge in [-0.15, -0.1) is 0 Å². The molecule has 0 amide bonds. The Kier molecular flexibility index (Phi) is 16.6. The lowest BCUT2D eigenvalue weighted by Gasteiger charge is -2.39. The van der Waals surface area contributed by atoms with Crippen LogP contribution in [0.15, 0.2) is 258 Å². The van der Waals surface area contributed by atoms with E-state index < -0.39 is 44.6 Å². The van der Waals surface area contributed by atoms with E-state index in [1.165, 1.54) is 64.8 Å². The van der Waals surface area contributed by atoms with Gasteiger partial charge in [-0.3, -0.25) is 14.4 Å². The zero-order chi connectivity index (χ0) is 55.3. The van der Waals surface area contributed by atoms with Crippen molar-refractivity contribution in [3.8, 4) is 0 Å². The standard InChI is InChI=1S/C66H51N5O7S/c1-47-33-37-55(38-34-47)79(77,78)71-48(2)41-57-65(71)67-46-63(68-57)70(59(44-53-29-17-7-18-30-53)62(73)40-36-50-23-11-4-12-24-50)69(58(43-52-27-15-6-16-28-52)61(72)39-35-49-21-9-3-10-22-49)60(45-54-31-19-8-20-32-54)64(74)56(66(75)76)42-51-25-13-5-14-26-51/h3-46H,1-2H3,(H,75,76). The first-order valence-corrected chi connectivity index (χ1v) is 26.5. The number of anilines is 1. The van der Waals surface area contributed by atoms with Crippen molar-refractivity contribution in [1.29, 1.82) is 0 Å². The monoisotopic (exact) mass is 1060 g/mol. The molecular weight excluding hydrogens is 1010 g/mol. The van der Waals surface area contributed by atoms with Gasteiger partial charge in [0, 0.05) is 5.69 Å². The summed E-state index contributed by atoms with van der Waals surface area (Å²) in [6, 6.07) is 60.9. The van der Waals surface area contributed by atoms with Gasteiger partial charge < -0.3 is 5.11 Å². The molecule has 0 bridgehead atoms. The first kappa shape index (κ1) is 53.5. The van der Waals surface area contributed by atoms with Crippen LogP contribution in [0.1, 0.15) is 44.6 Å². The van der Waals surface area contributed by atoms with Gasteiger partial charge in [-0.25, -0.2) is 37.2 Å². The Morgan fingerprint density at radius 1 is 0.506 bits per heavy atom. The molecule has 0 spiro atoms. The number of benzene rings is 7. The highest BCUT2D eigenvalue weighted by Crippen LogP contribution is 2.35. The number of carbonyl (C=O) groups excluding carboxylic acids is 3. The number of hydrogen-bond donors (Lipinski definition) is 1. The van der Waals surface area contributed by atoms with E-state index in [4.69, 9.17) is 9.97 Å². The van der Waals surface area contributed by atoms with Crippen molar-refractivity contribution < 1.29 is 32.7 Å². The first-order valence-electron chi connectivity index (χ1n) is 25.0. The number of fused-ring (bicyclic) bond motifs is 1. The number of nitrogens with zero attached hydrogens (tertiary/aromatic N) is 5. The van der Waals surface area contributed by atoms with Gasteiger partial charge in [0.05, 0.1) is 11.1 Å². The molecule has 0 atom stereocenters. The molecule has 79 heavy (non-hydrogen) atoms. The normalized spacial score (nSPS) is 12.5. The van der Waals surface area contributed by atoms with Crippen molar-refractivity contribution in [2.75, 3.05) is 5.01 Å². The molecule has 0 fully saturated rings. The molecule has 2 heterocycles. The van der Waals surface area contributed by atoms with E-state index in [1.807, 2.05) is 67.6 Å². The quantitative estimate of drug-likeness (QED) is 0.0335. The minimum Gasteiger partial charge on any atom is -0.478 e. The number of Topliss-reactive ketones (excluding diaryl/α,β-unsaturated/α-hetero) is 1. The van der Waals surface area contributed by atoms with Crippen molar-refractivity contribution in [3.05, 3.63) is 298 Å². The van der Waals surface area contributed by atoms with Crippen LogP contribution < -0.4 is 5.01 Å². The molecule has 12 nitrogen and oxygen atoms in total. The lowest BCUT2D eigenvalue weighted by Crippen LogP contribution is -2.47. The third-order valence-corrected chi connectivity index (χ3v) is 14.2. The average molecular weight is 1060 g/mol. The van der Waals surface area contributed by atoms with Crippen LogP contribution in [-0.4, -0.2) is 55.8 Å². The lowest BCUT2D eigenvalue weighted by atomic mass is 10.0. The van der Waals surface area contributed by atoms with Gasteiger partial charge in [-0.1, -0.05) is 212 Å². The predicted octanol–water partition coefficient (Wildman–Crippen LogP) is 12.7. The van der Waals surface area contributed by atoms with Gasteiger partial charge in [0.2, 0.25) is 17.3 Å². The Morgan fingerprint density at radius 3 is 1.37 bits per heavy atom. The fourth-order valence-electron chi connectivity index (χ4n) is 8.50. The fourth-order valence-corrected chi connectivity index (χ4v) is 9.99. The highest BCUT2D eigenvalue weighted by molar-refractivity contribution is 7.90. The van der Waals surface area contributed by atoms with Gasteiger partial charge in [-0.2, -0.15) is 0 Å². The van der Waals surface area contributed by atoms with E-state index in [2.05, 4.69) is 0 Å². The number of rotatable bonds is 20. The average Bonchev–Trinajstić information content (AvgIpc) is 4.10. The molecule has 0 unspecified atom stereocenters. The Labute approximate surface area is 457 Å². The number of aromatic nitrogens is 3. The Balaban J connectivity index is 1.42. The molecule has 0 saturated carbocycles. The summed E-state index contributed by atoms with van der Waals surface area (Å²) in [4.78, 5) is 71.1. The van der Waals surface area contributed by atoms with Crippen LogP contribution in [0.5, 0.6) is 0 Å². The Hall–Kier alpha value is -10.4. The zero-order valence-corrected chi connectivity index (χ0v) is 43.8. The van der Waals surface area contributed by atoms with Crippen molar-refractivity contribution in [2.45, 2.75) is 18.7 Å². The summed E-state index contributed by atoms with van der Waals surface area (Å²) in [5, 5.41) is 13.6. The number of carboxylic acid groups (broad SMARTS) is 1. The highest BCUT2D eigenvalue weighted by atomic mass is 32.2. The summed E-state index contributed by atoms with van der Waals surface area (Å²) in [5.41, 5.74) is 2.65. The molecule has 0 aliphatic carbocycles. The van der Waals surface area contributed by atoms with Gasteiger partial charge in [0.15, 0.2) is 11.5 Å². The fraction of sp³-hybridized carbons (Fsp3) is 0.0303. The Morgan fingerprint density at radius 2 is 0.911 bits per heavy atom. The highest BCUT2D eigenvalue weighted by Gasteiger charge is 2.38. The second kappa shape index (κ2) is 24.5. The number of aryl methyl sites for hydroxylation is 2. The molecule has 9 rings (SSSR count). The van der Waals surface area contributed by atoms with E-state index in [0.717, 1.165) is 9.54 Å². The topological polar surface area (TPSA) is 160 Å². The molecule has 0 saturated heterocycles. The summed E-state index contributed by atoms with van der Waals surface area (Å²) in [6.45, 7) is 3.45. The maximum Gasteiger partial charge on any atom is 0.339 e. The lowest BCUT2D eigenvalue weighted by molar-refractivity contribution is -0.134. The van der Waals surface area contributed by atoms with E-state index in [9.17, 15) is 18.3 Å². The Bertz CT molecular complexity index is 3990. The maximum absolute atomic E-state index is 16.1. The van der Waals surface area contributed by atoms with Gasteiger partial charge in [0.25, 0.3) is 10.0 Å². The molecule has 1 N–H and O–H groups in total. The van der Waals surface area contributed by atoms with Crippen LogP contribution in [0.4, 0.5) is 5.82 Å². The summed E-state index contributed by atoms with van der Waals surface area (Å²) in [7, 11) is -4.28. The number of aliphatic carboxylic acids is 1. The smallest absolute Gasteiger partial charge is 0.339 e. The van der Waals surface area contributed by atoms with Crippen molar-refractivity contribution in [1.82, 2.24) is 18.9 Å². The molecule has 9 aromatic rings. The van der Waals surface area contributed by atoms with Crippen LogP contribution in [0.25, 0.3) is 47.6 Å². The summed E-state index contributed by atoms with van der Waals surface area (Å²) in [6.07, 6.45) is 12.9. The van der Waals surface area contributed by atoms with Gasteiger partial charge in [0.1, 0.15) is 28.2 Å². The van der Waals surface area contributed by atoms with Crippen molar-refractivity contribution in [3.63, 3.8) is 0 Å². The number of carbonyl (C=O) groups is 4. The maximum atomic E-state index is 16.1. The van der Waals surface area contributed by atoms with E-state index in [-0.39, 0.29) is 39.0 Å². The molecule has 388 valence electrons. The number of hydrogen-bond acceptors (Lipinski definition) is 10. The van der Waals surface area contributed by atoms with E-state index in [1.54, 1.807) is 159 Å². The second-order valence-electron chi connectivity index (χ2n) is 18.1. The number of allylic oxidation sites excluding steroid dienone is 3. The summed E-state index contributed by atoms with van der Waals surface area (Å²) in [5.74, 6) is -4.20. The molecular formula is C66H51N5O7S. The molecule has 0 radical (unpaired) electrons. The van der Waals surface area contributed by atoms with Crippen LogP contribution in [0.2, 0.25) is 0 Å². The summed E-state index contributed by atoms with van der Waals surface area (Å²) >= 11 is 0. The third-order valence-electron chi connectivity index (χ3n) is 12.4. The first-order chi connectivity index (χ1) is 38.3. The molecule has 0 aliphatic heterocycles. The van der Waals surface area contributed by atoms with Crippen molar-refractivity contribution >= 4 is 86.8 Å². The number of ketones is 3. The zero-order valence-electron chi connectivity index (χ0n) is 42.9. The molecule has 0 aliphatic rings. The molecule has 13 heteroatoms. The minimum absolute atomic E-state index is 0.00557. The van der Waals surface area contributed by atoms with Crippen LogP contribution >= 0.6 is 0 Å². The second-order valence-corrected chi connectivity index (χ2v) is 19.9. The van der Waals surface area contributed by atoms with Crippen LogP contribution in [0.3, 0.4) is 0 Å². The summed E-state index contributed by atoms with van der Waals surface area (Å²) < 4.78 is 30.1.